The zero-order chi connectivity index (χ0) is 14.7. The molecule has 112 valence electrons. The lowest BCUT2D eigenvalue weighted by Gasteiger charge is -2.09. The predicted molar refractivity (Wildman–Crippen MR) is 73.7 cm³/mol. The second-order valence-electron chi connectivity index (χ2n) is 5.42. The number of hydrogen-bond donors (Lipinski definition) is 1. The van der Waals surface area contributed by atoms with E-state index in [1.807, 2.05) is 27.7 Å². The Balaban J connectivity index is 3.35. The standard InChI is InChI=1S/C14H27NO4/c1-11(2)8-14(17)19-7-5-6-18-10-13(16)15-9-12(3)4/h11-12H,5-10H2,1-4H3,(H,15,16). The fourth-order valence-electron chi connectivity index (χ4n) is 1.27. The minimum absolute atomic E-state index is 0.0622. The number of carbonyl (C=O) groups excluding carboxylic acids is 2. The molecule has 0 aliphatic heterocycles. The van der Waals surface area contributed by atoms with Crippen LogP contribution in [0.2, 0.25) is 0 Å². The molecular weight excluding hydrogens is 246 g/mol. The Labute approximate surface area is 116 Å². The molecule has 1 amide bonds. The summed E-state index contributed by atoms with van der Waals surface area (Å²) in [4.78, 5) is 22.5. The molecule has 0 aromatic heterocycles. The Bertz CT molecular complexity index is 264. The van der Waals surface area contributed by atoms with Gasteiger partial charge in [0, 0.05) is 19.4 Å². The monoisotopic (exact) mass is 273 g/mol. The molecule has 0 aromatic rings. The van der Waals surface area contributed by atoms with Gasteiger partial charge in [0.15, 0.2) is 0 Å². The van der Waals surface area contributed by atoms with E-state index in [-0.39, 0.29) is 18.5 Å². The molecule has 5 heteroatoms. The van der Waals surface area contributed by atoms with E-state index in [0.717, 1.165) is 0 Å². The quantitative estimate of drug-likeness (QED) is 0.486. The van der Waals surface area contributed by atoms with Gasteiger partial charge in [0.1, 0.15) is 6.61 Å². The maximum Gasteiger partial charge on any atom is 0.306 e. The zero-order valence-electron chi connectivity index (χ0n) is 12.5. The molecule has 0 rings (SSSR count). The average molecular weight is 273 g/mol. The summed E-state index contributed by atoms with van der Waals surface area (Å²) < 4.78 is 10.2. The molecule has 5 nitrogen and oxygen atoms in total. The van der Waals surface area contributed by atoms with E-state index >= 15 is 0 Å². The lowest BCUT2D eigenvalue weighted by atomic mass is 10.1. The van der Waals surface area contributed by atoms with Crippen molar-refractivity contribution in [2.24, 2.45) is 11.8 Å². The van der Waals surface area contributed by atoms with Gasteiger partial charge in [-0.1, -0.05) is 27.7 Å². The molecule has 0 aliphatic rings. The third kappa shape index (κ3) is 13.1. The highest BCUT2D eigenvalue weighted by atomic mass is 16.5. The van der Waals surface area contributed by atoms with Crippen LogP contribution in [0.15, 0.2) is 0 Å². The van der Waals surface area contributed by atoms with E-state index in [0.29, 0.717) is 44.4 Å². The summed E-state index contributed by atoms with van der Waals surface area (Å²) >= 11 is 0. The largest absolute Gasteiger partial charge is 0.466 e. The van der Waals surface area contributed by atoms with Gasteiger partial charge in [0.05, 0.1) is 13.2 Å². The van der Waals surface area contributed by atoms with Crippen LogP contribution in [0.5, 0.6) is 0 Å². The van der Waals surface area contributed by atoms with E-state index in [1.54, 1.807) is 0 Å². The highest BCUT2D eigenvalue weighted by Gasteiger charge is 2.06. The molecule has 0 unspecified atom stereocenters. The molecule has 0 radical (unpaired) electrons. The van der Waals surface area contributed by atoms with Gasteiger partial charge in [-0.2, -0.15) is 0 Å². The van der Waals surface area contributed by atoms with E-state index in [1.165, 1.54) is 0 Å². The minimum Gasteiger partial charge on any atom is -0.466 e. The van der Waals surface area contributed by atoms with E-state index in [2.05, 4.69) is 5.32 Å². The number of rotatable bonds is 10. The molecule has 0 saturated heterocycles. The van der Waals surface area contributed by atoms with Crippen molar-refractivity contribution in [3.63, 3.8) is 0 Å². The SMILES string of the molecule is CC(C)CNC(=O)COCCCOC(=O)CC(C)C. The second-order valence-corrected chi connectivity index (χ2v) is 5.42. The Morgan fingerprint density at radius 1 is 1.05 bits per heavy atom. The van der Waals surface area contributed by atoms with Crippen molar-refractivity contribution in [1.29, 1.82) is 0 Å². The normalized spacial score (nSPS) is 10.8. The summed E-state index contributed by atoms with van der Waals surface area (Å²) in [6, 6.07) is 0. The maximum atomic E-state index is 11.3. The number of ether oxygens (including phenoxy) is 2. The highest BCUT2D eigenvalue weighted by Crippen LogP contribution is 2.01. The summed E-state index contributed by atoms with van der Waals surface area (Å²) in [5.41, 5.74) is 0. The second kappa shape index (κ2) is 10.8. The summed E-state index contributed by atoms with van der Waals surface area (Å²) in [7, 11) is 0. The van der Waals surface area contributed by atoms with Gasteiger partial charge in [-0.25, -0.2) is 0 Å². The van der Waals surface area contributed by atoms with Gasteiger partial charge < -0.3 is 14.8 Å². The van der Waals surface area contributed by atoms with Crippen molar-refractivity contribution >= 4 is 11.9 Å². The van der Waals surface area contributed by atoms with Crippen molar-refractivity contribution < 1.29 is 19.1 Å². The van der Waals surface area contributed by atoms with Crippen LogP contribution in [0.25, 0.3) is 0 Å². The molecule has 0 spiro atoms. The summed E-state index contributed by atoms with van der Waals surface area (Å²) in [5.74, 6) is 0.466. The number of amides is 1. The first-order valence-electron chi connectivity index (χ1n) is 6.91. The molecule has 19 heavy (non-hydrogen) atoms. The molecule has 0 atom stereocenters. The van der Waals surface area contributed by atoms with Gasteiger partial charge in [0.2, 0.25) is 5.91 Å². The van der Waals surface area contributed by atoms with Gasteiger partial charge in [-0.05, 0) is 11.8 Å². The molecule has 1 N–H and O–H groups in total. The molecule has 0 bridgehead atoms. The van der Waals surface area contributed by atoms with Crippen molar-refractivity contribution in [3.8, 4) is 0 Å². The van der Waals surface area contributed by atoms with Gasteiger partial charge in [-0.3, -0.25) is 9.59 Å². The number of hydrogen-bond acceptors (Lipinski definition) is 4. The molecule has 0 aliphatic carbocycles. The van der Waals surface area contributed by atoms with E-state index in [9.17, 15) is 9.59 Å². The Kier molecular flexibility index (Phi) is 10.2. The third-order valence-electron chi connectivity index (χ3n) is 2.21. The van der Waals surface area contributed by atoms with Crippen molar-refractivity contribution in [1.82, 2.24) is 5.32 Å². The molecule has 0 fully saturated rings. The lowest BCUT2D eigenvalue weighted by Crippen LogP contribution is -2.30. The van der Waals surface area contributed by atoms with E-state index < -0.39 is 0 Å². The van der Waals surface area contributed by atoms with Gasteiger partial charge >= 0.3 is 5.97 Å². The first kappa shape index (κ1) is 17.9. The average Bonchev–Trinajstić information content (AvgIpc) is 2.30. The van der Waals surface area contributed by atoms with Crippen LogP contribution >= 0.6 is 0 Å². The van der Waals surface area contributed by atoms with Crippen molar-refractivity contribution in [3.05, 3.63) is 0 Å². The summed E-state index contributed by atoms with van der Waals surface area (Å²) in [6.07, 6.45) is 1.06. The van der Waals surface area contributed by atoms with Crippen LogP contribution < -0.4 is 5.32 Å². The topological polar surface area (TPSA) is 64.6 Å². The lowest BCUT2D eigenvalue weighted by molar-refractivity contribution is -0.145. The highest BCUT2D eigenvalue weighted by molar-refractivity contribution is 5.77. The maximum absolute atomic E-state index is 11.3. The van der Waals surface area contributed by atoms with Crippen LogP contribution in [0.1, 0.15) is 40.5 Å². The fraction of sp³-hybridized carbons (Fsp3) is 0.857. The number of carbonyl (C=O) groups is 2. The van der Waals surface area contributed by atoms with Crippen LogP contribution in [-0.2, 0) is 19.1 Å². The molecule has 0 saturated carbocycles. The summed E-state index contributed by atoms with van der Waals surface area (Å²) in [6.45, 7) is 9.50. The number of nitrogens with one attached hydrogen (secondary N) is 1. The van der Waals surface area contributed by atoms with Crippen LogP contribution in [0.3, 0.4) is 0 Å². The minimum atomic E-state index is -0.176. The molecule has 0 aromatic carbocycles. The first-order chi connectivity index (χ1) is 8.91. The Morgan fingerprint density at radius 2 is 1.74 bits per heavy atom. The predicted octanol–water partition coefficient (Wildman–Crippen LogP) is 1.75. The van der Waals surface area contributed by atoms with Crippen LogP contribution in [0.4, 0.5) is 0 Å². The zero-order valence-corrected chi connectivity index (χ0v) is 12.5. The van der Waals surface area contributed by atoms with Crippen molar-refractivity contribution in [2.45, 2.75) is 40.5 Å². The first-order valence-corrected chi connectivity index (χ1v) is 6.91. The smallest absolute Gasteiger partial charge is 0.306 e. The Hall–Kier alpha value is -1.10. The third-order valence-corrected chi connectivity index (χ3v) is 2.21. The number of esters is 1. The molecule has 0 heterocycles. The van der Waals surface area contributed by atoms with Crippen LogP contribution in [-0.4, -0.2) is 38.2 Å². The van der Waals surface area contributed by atoms with Crippen molar-refractivity contribution in [2.75, 3.05) is 26.4 Å². The van der Waals surface area contributed by atoms with E-state index in [4.69, 9.17) is 9.47 Å². The van der Waals surface area contributed by atoms with Gasteiger partial charge in [-0.15, -0.1) is 0 Å². The van der Waals surface area contributed by atoms with Gasteiger partial charge in [0.25, 0.3) is 0 Å². The Morgan fingerprint density at radius 3 is 2.32 bits per heavy atom. The van der Waals surface area contributed by atoms with Crippen LogP contribution in [0, 0.1) is 11.8 Å². The molecular formula is C14H27NO4. The fourth-order valence-corrected chi connectivity index (χ4v) is 1.27. The summed E-state index contributed by atoms with van der Waals surface area (Å²) in [5, 5.41) is 2.76.